The number of benzene rings is 1. The van der Waals surface area contributed by atoms with E-state index < -0.39 is 41.0 Å². The number of hydrogen-bond donors (Lipinski definition) is 0. The molecule has 1 aromatic carbocycles. The molecule has 1 aliphatic carbocycles. The van der Waals surface area contributed by atoms with Crippen LogP contribution in [0.2, 0.25) is 0 Å². The molecule has 4 atom stereocenters. The molecule has 3 aliphatic rings. The van der Waals surface area contributed by atoms with Crippen molar-refractivity contribution in [2.45, 2.75) is 124 Å². The van der Waals surface area contributed by atoms with Crippen molar-refractivity contribution >= 4 is 47.0 Å². The summed E-state index contributed by atoms with van der Waals surface area (Å²) in [7, 11) is 1.72. The zero-order chi connectivity index (χ0) is 36.6. The minimum Gasteiger partial charge on any atom is -0.344 e. The third-order valence-electron chi connectivity index (χ3n) is 11.2. The van der Waals surface area contributed by atoms with Crippen molar-refractivity contribution in [3.05, 3.63) is 35.4 Å². The molecule has 3 amide bonds. The fourth-order valence-electron chi connectivity index (χ4n) is 7.82. The summed E-state index contributed by atoms with van der Waals surface area (Å²) in [5.74, 6) is -2.71. The van der Waals surface area contributed by atoms with Gasteiger partial charge in [0.25, 0.3) is 0 Å². The van der Waals surface area contributed by atoms with Crippen molar-refractivity contribution in [3.8, 4) is 0 Å². The van der Waals surface area contributed by atoms with E-state index in [-0.39, 0.29) is 58.8 Å². The van der Waals surface area contributed by atoms with Gasteiger partial charge < -0.3 is 14.7 Å². The lowest BCUT2D eigenvalue weighted by Gasteiger charge is -2.45. The molecular weight excluding hydrogens is 682 g/mol. The summed E-state index contributed by atoms with van der Waals surface area (Å²) < 4.78 is 29.3. The number of halogens is 3. The van der Waals surface area contributed by atoms with Crippen LogP contribution < -0.4 is 0 Å². The van der Waals surface area contributed by atoms with Crippen LogP contribution in [0.15, 0.2) is 18.2 Å². The maximum absolute atomic E-state index is 15.3. The van der Waals surface area contributed by atoms with Crippen LogP contribution in [-0.4, -0.2) is 105 Å². The Kier molecular flexibility index (Phi) is 13.7. The molecule has 1 saturated carbocycles. The quantitative estimate of drug-likeness (QED) is 0.279. The molecule has 50 heavy (non-hydrogen) atoms. The predicted octanol–water partition coefficient (Wildman–Crippen LogP) is 6.75. The number of likely N-dealkylation sites (tertiary alicyclic amines) is 2. The van der Waals surface area contributed by atoms with Gasteiger partial charge in [0.15, 0.2) is 5.12 Å². The highest BCUT2D eigenvalue weighted by Crippen LogP contribution is 2.43. The molecule has 2 heterocycles. The molecule has 0 bridgehead atoms. The predicted molar refractivity (Wildman–Crippen MR) is 198 cm³/mol. The number of carbonyl (C=O) groups is 4. The van der Waals surface area contributed by atoms with Crippen molar-refractivity contribution in [2.75, 3.05) is 39.0 Å². The van der Waals surface area contributed by atoms with Gasteiger partial charge in [-0.1, -0.05) is 45.5 Å². The highest BCUT2D eigenvalue weighted by molar-refractivity contribution is 8.13. The summed E-state index contributed by atoms with van der Waals surface area (Å²) in [6.45, 7) is 19.2. The number of nitrogens with zero attached hydrogens (tertiary/aromatic N) is 4. The van der Waals surface area contributed by atoms with Gasteiger partial charge in [-0.25, -0.2) is 8.78 Å². The molecular formula is C38H59ClF2N4O4S. The topological polar surface area (TPSA) is 81.2 Å². The first-order chi connectivity index (χ1) is 22.7. The molecule has 12 heteroatoms. The highest BCUT2D eigenvalue weighted by Gasteiger charge is 2.52. The first-order valence-corrected chi connectivity index (χ1v) is 18.9. The second-order valence-corrected chi connectivity index (χ2v) is 18.1. The van der Waals surface area contributed by atoms with Gasteiger partial charge in [0.05, 0.1) is 17.4 Å². The smallest absolute Gasteiger partial charge is 0.245 e. The average Bonchev–Trinajstić information content (AvgIpc) is 3.66. The summed E-state index contributed by atoms with van der Waals surface area (Å²) in [4.78, 5) is 62.8. The molecule has 282 valence electrons. The van der Waals surface area contributed by atoms with E-state index >= 15 is 4.39 Å². The number of amides is 3. The molecule has 8 nitrogen and oxygen atoms in total. The Morgan fingerprint density at radius 2 is 1.60 bits per heavy atom. The molecule has 4 rings (SSSR count). The normalized spacial score (nSPS) is 24.5. The van der Waals surface area contributed by atoms with Crippen LogP contribution >= 0.6 is 24.2 Å². The number of rotatable bonds is 9. The van der Waals surface area contributed by atoms with Gasteiger partial charge in [-0.15, -0.1) is 12.4 Å². The van der Waals surface area contributed by atoms with Crippen LogP contribution in [0.25, 0.3) is 0 Å². The van der Waals surface area contributed by atoms with E-state index in [1.54, 1.807) is 16.8 Å². The number of carbonyl (C=O) groups excluding carboxylic acids is 4. The van der Waals surface area contributed by atoms with Crippen LogP contribution in [-0.2, 0) is 19.2 Å². The Morgan fingerprint density at radius 3 is 2.14 bits per heavy atom. The van der Waals surface area contributed by atoms with Gasteiger partial charge >= 0.3 is 0 Å². The summed E-state index contributed by atoms with van der Waals surface area (Å²) in [5, 5.41) is -0.0502. The van der Waals surface area contributed by atoms with E-state index in [0.29, 0.717) is 37.4 Å². The zero-order valence-electron chi connectivity index (χ0n) is 31.7. The van der Waals surface area contributed by atoms with Gasteiger partial charge in [-0.3, -0.25) is 24.1 Å². The zero-order valence-corrected chi connectivity index (χ0v) is 33.3. The van der Waals surface area contributed by atoms with Crippen molar-refractivity contribution in [1.29, 1.82) is 0 Å². The van der Waals surface area contributed by atoms with E-state index in [1.807, 2.05) is 46.4 Å². The summed E-state index contributed by atoms with van der Waals surface area (Å²) >= 11 is 1.14. The highest BCUT2D eigenvalue weighted by atomic mass is 35.5. The lowest BCUT2D eigenvalue weighted by atomic mass is 9.74. The van der Waals surface area contributed by atoms with Gasteiger partial charge in [0.2, 0.25) is 17.7 Å². The average molecular weight is 741 g/mol. The fourth-order valence-corrected chi connectivity index (χ4v) is 8.51. The van der Waals surface area contributed by atoms with E-state index in [1.165, 1.54) is 19.1 Å². The van der Waals surface area contributed by atoms with Crippen LogP contribution in [0, 0.1) is 28.4 Å². The van der Waals surface area contributed by atoms with E-state index in [2.05, 4.69) is 18.7 Å². The standard InChI is InChI=1S/C38H58F2N4O4S.ClH/c1-11-41(10)34(47)32-19-27(44(26-14-16-37(6,7)17-15-26)35(48)38(8,9)23-49-24(2)45)20-43(32)33(46)30-22-42(36(3,4)5)21-29(30)28-13-12-25(39)18-31(28)40;/h12-13,18,26-27,29-30,32H,11,14-17,19-23H2,1-10H3;1H/t27-,29-,30+,32-;/m0./s1. The summed E-state index contributed by atoms with van der Waals surface area (Å²) in [6.07, 6.45) is 3.86. The van der Waals surface area contributed by atoms with Crippen molar-refractivity contribution < 1.29 is 28.0 Å². The minimum atomic E-state index is -0.843. The third-order valence-corrected chi connectivity index (χ3v) is 12.5. The number of likely N-dealkylation sites (N-methyl/N-ethyl adjacent to an activating group) is 1. The molecule has 1 aromatic rings. The summed E-state index contributed by atoms with van der Waals surface area (Å²) in [6, 6.07) is 2.31. The molecule has 0 aromatic heterocycles. The molecule has 0 spiro atoms. The van der Waals surface area contributed by atoms with E-state index in [4.69, 9.17) is 0 Å². The Balaban J connectivity index is 0.00000676. The third kappa shape index (κ3) is 9.40. The lowest BCUT2D eigenvalue weighted by molar-refractivity contribution is -0.147. The molecule has 2 aliphatic heterocycles. The van der Waals surface area contributed by atoms with Crippen molar-refractivity contribution in [1.82, 2.24) is 19.6 Å². The van der Waals surface area contributed by atoms with E-state index in [9.17, 15) is 23.6 Å². The lowest BCUT2D eigenvalue weighted by Crippen LogP contribution is -2.55. The SMILES string of the molecule is CCN(C)C(=O)[C@@H]1C[C@H](N(C(=O)C(C)(C)CSC(C)=O)C2CCC(C)(C)CC2)CN1C(=O)[C@@H]1CN(C(C)(C)C)C[C@H]1c1ccc(F)cc1F.Cl. The van der Waals surface area contributed by atoms with Crippen molar-refractivity contribution in [2.24, 2.45) is 16.7 Å². The fraction of sp³-hybridized carbons (Fsp3) is 0.737. The molecule has 2 saturated heterocycles. The van der Waals surface area contributed by atoms with Crippen molar-refractivity contribution in [3.63, 3.8) is 0 Å². The molecule has 0 N–H and O–H groups in total. The first-order valence-electron chi connectivity index (χ1n) is 17.9. The van der Waals surface area contributed by atoms with Crippen LogP contribution in [0.3, 0.4) is 0 Å². The first kappa shape index (κ1) is 42.2. The van der Waals surface area contributed by atoms with Gasteiger partial charge in [-0.2, -0.15) is 0 Å². The minimum absolute atomic E-state index is 0. The maximum Gasteiger partial charge on any atom is 0.245 e. The largest absolute Gasteiger partial charge is 0.344 e. The monoisotopic (exact) mass is 740 g/mol. The van der Waals surface area contributed by atoms with Crippen LogP contribution in [0.4, 0.5) is 8.78 Å². The Labute approximate surface area is 308 Å². The summed E-state index contributed by atoms with van der Waals surface area (Å²) in [5.41, 5.74) is -0.694. The number of thioether (sulfide) groups is 1. The maximum atomic E-state index is 15.3. The van der Waals surface area contributed by atoms with E-state index in [0.717, 1.165) is 43.5 Å². The Hall–Kier alpha value is -2.24. The molecule has 3 fully saturated rings. The second kappa shape index (κ2) is 16.2. The van der Waals surface area contributed by atoms with Gasteiger partial charge in [0, 0.05) is 69.5 Å². The van der Waals surface area contributed by atoms with Crippen LogP contribution in [0.5, 0.6) is 0 Å². The Bertz CT molecular complexity index is 1410. The van der Waals surface area contributed by atoms with Crippen LogP contribution in [0.1, 0.15) is 106 Å². The molecule has 0 unspecified atom stereocenters. The Morgan fingerprint density at radius 1 is 0.980 bits per heavy atom. The molecule has 0 radical (unpaired) electrons. The number of hydrogen-bond acceptors (Lipinski definition) is 6. The van der Waals surface area contributed by atoms with Gasteiger partial charge in [0.1, 0.15) is 17.7 Å². The van der Waals surface area contributed by atoms with Gasteiger partial charge in [-0.05, 0) is 76.8 Å². The second-order valence-electron chi connectivity index (χ2n) is 17.0.